The van der Waals surface area contributed by atoms with Gasteiger partial charge in [0.15, 0.2) is 23.0 Å². The number of hydrogen-bond acceptors (Lipinski definition) is 9. The van der Waals surface area contributed by atoms with Crippen LogP contribution in [0.5, 0.6) is 28.7 Å². The Morgan fingerprint density at radius 1 is 0.950 bits per heavy atom. The van der Waals surface area contributed by atoms with Crippen molar-refractivity contribution in [3.63, 3.8) is 0 Å². The molecule has 6 rings (SSSR count). The van der Waals surface area contributed by atoms with Crippen LogP contribution in [0.1, 0.15) is 28.2 Å². The minimum Gasteiger partial charge on any atom is -0.493 e. The van der Waals surface area contributed by atoms with Crippen molar-refractivity contribution in [3.05, 3.63) is 70.8 Å². The van der Waals surface area contributed by atoms with Gasteiger partial charge in [-0.2, -0.15) is 0 Å². The summed E-state index contributed by atoms with van der Waals surface area (Å²) >= 11 is 0. The number of ether oxygens (including phenoxy) is 6. The summed E-state index contributed by atoms with van der Waals surface area (Å²) in [5, 5.41) is 0. The van der Waals surface area contributed by atoms with Gasteiger partial charge in [-0.25, -0.2) is 0 Å². The van der Waals surface area contributed by atoms with Crippen molar-refractivity contribution >= 4 is 17.6 Å². The number of carbonyl (C=O) groups excluding carboxylic acids is 2. The zero-order valence-electron chi connectivity index (χ0n) is 22.9. The number of esters is 2. The molecule has 9 nitrogen and oxygen atoms in total. The first-order valence-electron chi connectivity index (χ1n) is 13.2. The minimum absolute atomic E-state index is 0.0266. The summed E-state index contributed by atoms with van der Waals surface area (Å²) in [6.07, 6.45) is 0.791. The Hall–Kier alpha value is -4.40. The lowest BCUT2D eigenvalue weighted by Crippen LogP contribution is -2.31. The average Bonchev–Trinajstić information content (AvgIpc) is 3.56. The standard InChI is InChI=1S/C31H31NO8/c1-32(2)21-7-5-17(6-8-21)9-27(33)40-30-25(35-3)12-19(13-26(30)36-4)28-22-14-24-23(38-16-39-24)11-18(22)10-20-15-37-31(34)29(20)28/h5-8,11-14,20,28-29H,9-10,15-16H2,1-4H3/t20-,28+,29-/m0/s1. The summed E-state index contributed by atoms with van der Waals surface area (Å²) in [7, 11) is 6.94. The number of fused-ring (bicyclic) bond motifs is 3. The maximum absolute atomic E-state index is 13.0. The van der Waals surface area contributed by atoms with E-state index in [2.05, 4.69) is 0 Å². The summed E-state index contributed by atoms with van der Waals surface area (Å²) in [4.78, 5) is 27.9. The molecule has 0 spiro atoms. The normalized spacial score (nSPS) is 20.3. The van der Waals surface area contributed by atoms with Gasteiger partial charge in [-0.05, 0) is 65.1 Å². The molecule has 0 N–H and O–H groups in total. The van der Waals surface area contributed by atoms with Gasteiger partial charge in [-0.15, -0.1) is 0 Å². The van der Waals surface area contributed by atoms with Crippen LogP contribution in [-0.4, -0.2) is 53.7 Å². The molecule has 0 aromatic heterocycles. The molecule has 0 bridgehead atoms. The van der Waals surface area contributed by atoms with E-state index in [1.165, 1.54) is 14.2 Å². The Labute approximate surface area is 232 Å². The zero-order valence-corrected chi connectivity index (χ0v) is 22.9. The maximum Gasteiger partial charge on any atom is 0.315 e. The average molecular weight is 546 g/mol. The zero-order chi connectivity index (χ0) is 28.0. The highest BCUT2D eigenvalue weighted by Gasteiger charge is 2.48. The first-order chi connectivity index (χ1) is 19.4. The third kappa shape index (κ3) is 4.55. The van der Waals surface area contributed by atoms with Gasteiger partial charge in [0, 0.05) is 31.6 Å². The van der Waals surface area contributed by atoms with Crippen LogP contribution in [0.3, 0.4) is 0 Å². The van der Waals surface area contributed by atoms with Crippen LogP contribution in [0.25, 0.3) is 0 Å². The van der Waals surface area contributed by atoms with E-state index in [1.54, 1.807) is 0 Å². The summed E-state index contributed by atoms with van der Waals surface area (Å²) in [5.74, 6) is 0.857. The molecule has 2 heterocycles. The van der Waals surface area contributed by atoms with E-state index in [9.17, 15) is 9.59 Å². The largest absolute Gasteiger partial charge is 0.493 e. The van der Waals surface area contributed by atoms with Gasteiger partial charge in [0.1, 0.15) is 0 Å². The fourth-order valence-corrected chi connectivity index (χ4v) is 5.91. The maximum atomic E-state index is 13.0. The van der Waals surface area contributed by atoms with Crippen molar-refractivity contribution in [2.75, 3.05) is 46.6 Å². The lowest BCUT2D eigenvalue weighted by Gasteiger charge is -2.34. The number of anilines is 1. The Kier molecular flexibility index (Phi) is 6.65. The van der Waals surface area contributed by atoms with Crippen LogP contribution in [0, 0.1) is 11.8 Å². The van der Waals surface area contributed by atoms with Crippen molar-refractivity contribution in [1.29, 1.82) is 0 Å². The molecule has 2 aliphatic heterocycles. The van der Waals surface area contributed by atoms with Crippen molar-refractivity contribution in [2.45, 2.75) is 18.8 Å². The van der Waals surface area contributed by atoms with Crippen molar-refractivity contribution in [2.24, 2.45) is 11.8 Å². The summed E-state index contributed by atoms with van der Waals surface area (Å²) < 4.78 is 34.0. The third-order valence-corrected chi connectivity index (χ3v) is 7.89. The topological polar surface area (TPSA) is 92.8 Å². The fourth-order valence-electron chi connectivity index (χ4n) is 5.91. The van der Waals surface area contributed by atoms with Crippen LogP contribution in [0.15, 0.2) is 48.5 Å². The van der Waals surface area contributed by atoms with Crippen molar-refractivity contribution in [3.8, 4) is 28.7 Å². The molecule has 9 heteroatoms. The first-order valence-corrected chi connectivity index (χ1v) is 13.2. The Bertz CT molecular complexity index is 1440. The molecule has 0 saturated carbocycles. The van der Waals surface area contributed by atoms with Crippen LogP contribution in [0.2, 0.25) is 0 Å². The van der Waals surface area contributed by atoms with E-state index in [0.717, 1.165) is 27.9 Å². The second kappa shape index (κ2) is 10.3. The number of rotatable bonds is 7. The second-order valence-corrected chi connectivity index (χ2v) is 10.5. The Morgan fingerprint density at radius 2 is 1.62 bits per heavy atom. The molecule has 1 saturated heterocycles. The molecule has 40 heavy (non-hydrogen) atoms. The molecule has 0 unspecified atom stereocenters. The number of benzene rings is 3. The van der Waals surface area contributed by atoms with E-state index >= 15 is 0 Å². The molecule has 3 atom stereocenters. The molecule has 3 aromatic carbocycles. The molecule has 208 valence electrons. The number of methoxy groups -OCH3 is 2. The molecular formula is C31H31NO8. The summed E-state index contributed by atoms with van der Waals surface area (Å²) in [5.41, 5.74) is 4.72. The predicted molar refractivity (Wildman–Crippen MR) is 146 cm³/mol. The van der Waals surface area contributed by atoms with Crippen LogP contribution >= 0.6 is 0 Å². The highest BCUT2D eigenvalue weighted by Crippen LogP contribution is 2.52. The van der Waals surface area contributed by atoms with E-state index in [1.807, 2.05) is 67.5 Å². The Balaban J connectivity index is 1.35. The van der Waals surface area contributed by atoms with Gasteiger partial charge in [0.2, 0.25) is 12.5 Å². The molecule has 0 radical (unpaired) electrons. The molecular weight excluding hydrogens is 514 g/mol. The van der Waals surface area contributed by atoms with E-state index < -0.39 is 5.97 Å². The van der Waals surface area contributed by atoms with Gasteiger partial charge in [0.05, 0.1) is 33.2 Å². The van der Waals surface area contributed by atoms with Crippen LogP contribution in [0.4, 0.5) is 5.69 Å². The van der Waals surface area contributed by atoms with Gasteiger partial charge in [-0.3, -0.25) is 9.59 Å². The van der Waals surface area contributed by atoms with Gasteiger partial charge in [-0.1, -0.05) is 12.1 Å². The van der Waals surface area contributed by atoms with E-state index in [-0.39, 0.29) is 42.7 Å². The molecule has 1 fully saturated rings. The SMILES string of the molecule is COc1cc([C@@H]2c3cc4c(cc3C[C@H]3COC(=O)[C@@H]32)OCO4)cc(OC)c1OC(=O)Cc1ccc(N(C)C)cc1. The lowest BCUT2D eigenvalue weighted by atomic mass is 9.67. The number of cyclic esters (lactones) is 1. The summed E-state index contributed by atoms with van der Waals surface area (Å²) in [6, 6.07) is 15.3. The van der Waals surface area contributed by atoms with Crippen LogP contribution < -0.4 is 28.6 Å². The lowest BCUT2D eigenvalue weighted by molar-refractivity contribution is -0.141. The summed E-state index contributed by atoms with van der Waals surface area (Å²) in [6.45, 7) is 0.534. The van der Waals surface area contributed by atoms with Crippen molar-refractivity contribution in [1.82, 2.24) is 0 Å². The van der Waals surface area contributed by atoms with E-state index in [4.69, 9.17) is 28.4 Å². The second-order valence-electron chi connectivity index (χ2n) is 10.5. The smallest absolute Gasteiger partial charge is 0.315 e. The quantitative estimate of drug-likeness (QED) is 0.321. The Morgan fingerprint density at radius 3 is 2.27 bits per heavy atom. The molecule has 0 amide bonds. The highest BCUT2D eigenvalue weighted by molar-refractivity contribution is 5.80. The first kappa shape index (κ1) is 25.9. The van der Waals surface area contributed by atoms with Gasteiger partial charge >= 0.3 is 11.9 Å². The minimum atomic E-state index is -0.447. The van der Waals surface area contributed by atoms with Gasteiger partial charge in [0.25, 0.3) is 0 Å². The fraction of sp³-hybridized carbons (Fsp3) is 0.355. The predicted octanol–water partition coefficient (Wildman–Crippen LogP) is 4.12. The molecule has 1 aliphatic carbocycles. The van der Waals surface area contributed by atoms with Crippen molar-refractivity contribution < 1.29 is 38.0 Å². The monoisotopic (exact) mass is 545 g/mol. The number of nitrogens with zero attached hydrogens (tertiary/aromatic N) is 1. The van der Waals surface area contributed by atoms with Crippen LogP contribution in [-0.2, 0) is 27.2 Å². The highest BCUT2D eigenvalue weighted by atomic mass is 16.7. The van der Waals surface area contributed by atoms with E-state index in [0.29, 0.717) is 36.0 Å². The molecule has 3 aromatic rings. The third-order valence-electron chi connectivity index (χ3n) is 7.89. The number of carbonyl (C=O) groups is 2. The number of hydrogen-bond donors (Lipinski definition) is 0. The van der Waals surface area contributed by atoms with Gasteiger partial charge < -0.3 is 33.3 Å². The molecule has 3 aliphatic rings.